The Morgan fingerprint density at radius 2 is 1.91 bits per heavy atom. The molecule has 5 nitrogen and oxygen atoms in total. The van der Waals surface area contributed by atoms with Gasteiger partial charge in [0, 0.05) is 16.8 Å². The molecule has 0 radical (unpaired) electrons. The van der Waals surface area contributed by atoms with E-state index in [-0.39, 0.29) is 16.7 Å². The molecule has 3 atom stereocenters. The summed E-state index contributed by atoms with van der Waals surface area (Å²) in [5.41, 5.74) is 1.74. The van der Waals surface area contributed by atoms with E-state index in [0.29, 0.717) is 17.4 Å². The second-order valence-electron chi connectivity index (χ2n) is 8.73. The van der Waals surface area contributed by atoms with Crippen LogP contribution in [0.5, 0.6) is 0 Å². The summed E-state index contributed by atoms with van der Waals surface area (Å²) >= 11 is 7.87. The predicted molar refractivity (Wildman–Crippen MR) is 131 cm³/mol. The Labute approximate surface area is 200 Å². The van der Waals surface area contributed by atoms with Gasteiger partial charge in [0.2, 0.25) is 10.0 Å². The first kappa shape index (κ1) is 25.1. The molecule has 8 heteroatoms. The third-order valence-electron chi connectivity index (χ3n) is 5.83. The zero-order valence-electron chi connectivity index (χ0n) is 18.6. The number of carbonyl (C=O) groups is 1. The fraction of sp³-hybridized carbons (Fsp3) is 0.458. The number of piperidine rings is 1. The molecule has 3 rings (SSSR count). The van der Waals surface area contributed by atoms with E-state index in [4.69, 9.17) is 11.6 Å². The summed E-state index contributed by atoms with van der Waals surface area (Å²) in [6.45, 7) is 6.11. The number of aliphatic carboxylic acids is 1. The number of halogens is 1. The molecule has 1 saturated heterocycles. The molecule has 1 aliphatic rings. The van der Waals surface area contributed by atoms with Gasteiger partial charge in [-0.05, 0) is 61.3 Å². The first-order chi connectivity index (χ1) is 15.1. The molecule has 0 bridgehead atoms. The highest BCUT2D eigenvalue weighted by Crippen LogP contribution is 2.42. The standard InChI is InChI=1S/C24H30ClNO4S2/c1-16(2)11-12-31-23-14-22(18-5-4-6-19(25)13-18)26(15-21(23)24(27)28)32(29,30)20-9-7-17(3)8-10-20/h4-10,13,16,21-23H,11-12,14-15H2,1-3H3,(H,27,28)/t21-,22+,23-/m1/s1. The zero-order valence-corrected chi connectivity index (χ0v) is 21.0. The first-order valence-corrected chi connectivity index (χ1v) is 13.6. The quantitative estimate of drug-likeness (QED) is 0.513. The van der Waals surface area contributed by atoms with Gasteiger partial charge in [-0.25, -0.2) is 8.42 Å². The number of benzene rings is 2. The van der Waals surface area contributed by atoms with Crippen LogP contribution in [0, 0.1) is 18.8 Å². The number of thioether (sulfide) groups is 1. The number of aryl methyl sites for hydroxylation is 1. The maximum absolute atomic E-state index is 13.6. The Morgan fingerprint density at radius 3 is 2.50 bits per heavy atom. The van der Waals surface area contributed by atoms with Crippen LogP contribution in [0.1, 0.15) is 43.9 Å². The van der Waals surface area contributed by atoms with Gasteiger partial charge in [0.25, 0.3) is 0 Å². The van der Waals surface area contributed by atoms with E-state index in [9.17, 15) is 18.3 Å². The molecule has 0 unspecified atom stereocenters. The third-order valence-corrected chi connectivity index (χ3v) is 9.38. The van der Waals surface area contributed by atoms with Gasteiger partial charge < -0.3 is 5.11 Å². The monoisotopic (exact) mass is 495 g/mol. The number of hydrogen-bond acceptors (Lipinski definition) is 4. The highest BCUT2D eigenvalue weighted by molar-refractivity contribution is 7.99. The first-order valence-electron chi connectivity index (χ1n) is 10.8. The van der Waals surface area contributed by atoms with Crippen LogP contribution in [0.2, 0.25) is 5.02 Å². The molecule has 0 aliphatic carbocycles. The molecule has 1 heterocycles. The van der Waals surface area contributed by atoms with Crippen LogP contribution in [0.15, 0.2) is 53.4 Å². The molecular formula is C24H30ClNO4S2. The van der Waals surface area contributed by atoms with Crippen molar-refractivity contribution in [2.45, 2.75) is 49.8 Å². The number of sulfonamides is 1. The topological polar surface area (TPSA) is 74.7 Å². The molecule has 1 aliphatic heterocycles. The van der Waals surface area contributed by atoms with Gasteiger partial charge in [-0.2, -0.15) is 16.1 Å². The smallest absolute Gasteiger partial charge is 0.308 e. The lowest BCUT2D eigenvalue weighted by Crippen LogP contribution is -2.49. The van der Waals surface area contributed by atoms with Crippen molar-refractivity contribution < 1.29 is 18.3 Å². The van der Waals surface area contributed by atoms with Crippen LogP contribution in [-0.2, 0) is 14.8 Å². The fourth-order valence-electron chi connectivity index (χ4n) is 3.94. The minimum atomic E-state index is -3.90. The number of hydrogen-bond donors (Lipinski definition) is 1. The lowest BCUT2D eigenvalue weighted by Gasteiger charge is -2.42. The molecule has 2 aromatic carbocycles. The zero-order chi connectivity index (χ0) is 23.5. The van der Waals surface area contributed by atoms with E-state index >= 15 is 0 Å². The van der Waals surface area contributed by atoms with Crippen LogP contribution in [-0.4, -0.2) is 41.3 Å². The van der Waals surface area contributed by atoms with Gasteiger partial charge >= 0.3 is 5.97 Å². The van der Waals surface area contributed by atoms with Crippen molar-refractivity contribution in [3.63, 3.8) is 0 Å². The van der Waals surface area contributed by atoms with Crippen LogP contribution < -0.4 is 0 Å². The average Bonchev–Trinajstić information content (AvgIpc) is 2.73. The summed E-state index contributed by atoms with van der Waals surface area (Å²) in [4.78, 5) is 12.3. The number of carboxylic acids is 1. The second-order valence-corrected chi connectivity index (χ2v) is 12.4. The van der Waals surface area contributed by atoms with Crippen molar-refractivity contribution in [3.05, 3.63) is 64.7 Å². The van der Waals surface area contributed by atoms with E-state index < -0.39 is 28.0 Å². The van der Waals surface area contributed by atoms with Crippen molar-refractivity contribution >= 4 is 39.4 Å². The maximum Gasteiger partial charge on any atom is 0.308 e. The molecule has 0 amide bonds. The predicted octanol–water partition coefficient (Wildman–Crippen LogP) is 5.63. The van der Waals surface area contributed by atoms with E-state index in [1.54, 1.807) is 54.2 Å². The number of carboxylic acid groups (broad SMARTS) is 1. The SMILES string of the molecule is Cc1ccc(S(=O)(=O)N2C[C@@H](C(=O)O)[C@H](SCCC(C)C)C[C@H]2c2cccc(Cl)c2)cc1. The van der Waals surface area contributed by atoms with E-state index in [1.807, 2.05) is 13.0 Å². The Kier molecular flexibility index (Phi) is 8.31. The molecule has 1 fully saturated rings. The maximum atomic E-state index is 13.6. The van der Waals surface area contributed by atoms with E-state index in [1.165, 1.54) is 4.31 Å². The summed E-state index contributed by atoms with van der Waals surface area (Å²) in [7, 11) is -3.90. The van der Waals surface area contributed by atoms with Gasteiger partial charge in [0.15, 0.2) is 0 Å². The largest absolute Gasteiger partial charge is 0.481 e. The molecule has 32 heavy (non-hydrogen) atoms. The second kappa shape index (κ2) is 10.6. The van der Waals surface area contributed by atoms with Gasteiger partial charge in [0.1, 0.15) is 0 Å². The highest BCUT2D eigenvalue weighted by atomic mass is 35.5. The molecular weight excluding hydrogens is 466 g/mol. The normalized spacial score (nSPS) is 22.2. The minimum absolute atomic E-state index is 0.0674. The summed E-state index contributed by atoms with van der Waals surface area (Å²) in [6.07, 6.45) is 1.41. The molecule has 174 valence electrons. The van der Waals surface area contributed by atoms with Crippen LogP contribution in [0.25, 0.3) is 0 Å². The van der Waals surface area contributed by atoms with E-state index in [2.05, 4.69) is 13.8 Å². The van der Waals surface area contributed by atoms with Crippen molar-refractivity contribution in [3.8, 4) is 0 Å². The summed E-state index contributed by atoms with van der Waals surface area (Å²) in [5.74, 6) is -0.362. The molecule has 1 N–H and O–H groups in total. The van der Waals surface area contributed by atoms with Gasteiger partial charge in [-0.1, -0.05) is 55.3 Å². The van der Waals surface area contributed by atoms with Crippen LogP contribution in [0.3, 0.4) is 0 Å². The fourth-order valence-corrected chi connectivity index (χ4v) is 7.46. The van der Waals surface area contributed by atoms with Gasteiger partial charge in [0.05, 0.1) is 16.9 Å². The Hall–Kier alpha value is -1.54. The van der Waals surface area contributed by atoms with Crippen molar-refractivity contribution in [1.29, 1.82) is 0 Å². The number of rotatable bonds is 8. The Morgan fingerprint density at radius 1 is 1.22 bits per heavy atom. The van der Waals surface area contributed by atoms with Crippen LogP contribution in [0.4, 0.5) is 0 Å². The summed E-state index contributed by atoms with van der Waals surface area (Å²) in [6, 6.07) is 13.4. The molecule has 2 aromatic rings. The van der Waals surface area contributed by atoms with Gasteiger partial charge in [-0.3, -0.25) is 4.79 Å². The average molecular weight is 496 g/mol. The van der Waals surface area contributed by atoms with Crippen LogP contribution >= 0.6 is 23.4 Å². The summed E-state index contributed by atoms with van der Waals surface area (Å²) in [5, 5.41) is 10.3. The lowest BCUT2D eigenvalue weighted by molar-refractivity contribution is -0.143. The van der Waals surface area contributed by atoms with Crippen molar-refractivity contribution in [2.24, 2.45) is 11.8 Å². The lowest BCUT2D eigenvalue weighted by atomic mass is 9.90. The van der Waals surface area contributed by atoms with Crippen molar-refractivity contribution in [2.75, 3.05) is 12.3 Å². The van der Waals surface area contributed by atoms with Crippen molar-refractivity contribution in [1.82, 2.24) is 4.31 Å². The highest BCUT2D eigenvalue weighted by Gasteiger charge is 2.45. The molecule has 0 spiro atoms. The summed E-state index contributed by atoms with van der Waals surface area (Å²) < 4.78 is 28.6. The Bertz CT molecular complexity index is 1040. The third kappa shape index (κ3) is 5.87. The van der Waals surface area contributed by atoms with Gasteiger partial charge in [-0.15, -0.1) is 0 Å². The minimum Gasteiger partial charge on any atom is -0.481 e. The Balaban J connectivity index is 2.01. The molecule has 0 aromatic heterocycles. The number of nitrogens with zero attached hydrogens (tertiary/aromatic N) is 1. The van der Waals surface area contributed by atoms with E-state index in [0.717, 1.165) is 23.3 Å². The molecule has 0 saturated carbocycles.